The van der Waals surface area contributed by atoms with Crippen molar-refractivity contribution >= 4 is 45.0 Å². The minimum Gasteiger partial charge on any atom is -0.354 e. The molecule has 0 saturated carbocycles. The Labute approximate surface area is 200 Å². The Morgan fingerprint density at radius 1 is 0.939 bits per heavy atom. The number of thioether (sulfide) groups is 1. The minimum absolute atomic E-state index is 0.115. The third-order valence-electron chi connectivity index (χ3n) is 4.59. The van der Waals surface area contributed by atoms with E-state index in [0.29, 0.717) is 23.1 Å². The van der Waals surface area contributed by atoms with E-state index in [1.807, 2.05) is 24.3 Å². The second-order valence-corrected chi connectivity index (χ2v) is 10.3. The fraction of sp³-hybridized carbons (Fsp3) is 0.174. The summed E-state index contributed by atoms with van der Waals surface area (Å²) in [6.07, 6.45) is 0. The highest BCUT2D eigenvalue weighted by Gasteiger charge is 2.27. The predicted molar refractivity (Wildman–Crippen MR) is 128 cm³/mol. The lowest BCUT2D eigenvalue weighted by Crippen LogP contribution is -2.41. The minimum atomic E-state index is -4.19. The molecule has 3 aromatic rings. The number of carbonyl (C=O) groups is 1. The van der Waals surface area contributed by atoms with Crippen molar-refractivity contribution in [3.63, 3.8) is 0 Å². The van der Waals surface area contributed by atoms with Crippen LogP contribution in [0, 0.1) is 11.6 Å². The van der Waals surface area contributed by atoms with Gasteiger partial charge in [0.15, 0.2) is 0 Å². The van der Waals surface area contributed by atoms with Crippen molar-refractivity contribution in [2.45, 2.75) is 10.6 Å². The molecule has 0 fully saturated rings. The number of amides is 1. The Morgan fingerprint density at radius 3 is 2.18 bits per heavy atom. The Kier molecular flexibility index (Phi) is 8.71. The molecule has 0 spiro atoms. The van der Waals surface area contributed by atoms with Crippen LogP contribution >= 0.6 is 23.4 Å². The molecule has 10 heteroatoms. The van der Waals surface area contributed by atoms with E-state index >= 15 is 0 Å². The van der Waals surface area contributed by atoms with Crippen molar-refractivity contribution in [1.82, 2.24) is 5.32 Å². The van der Waals surface area contributed by atoms with Crippen LogP contribution in [-0.4, -0.2) is 33.2 Å². The van der Waals surface area contributed by atoms with Crippen LogP contribution in [0.1, 0.15) is 5.56 Å². The number of rotatable bonds is 10. The first kappa shape index (κ1) is 25.0. The number of halogens is 3. The van der Waals surface area contributed by atoms with Gasteiger partial charge in [0.2, 0.25) is 5.91 Å². The Hall–Kier alpha value is -2.62. The molecule has 0 aliphatic rings. The zero-order valence-corrected chi connectivity index (χ0v) is 19.8. The second kappa shape index (κ2) is 11.5. The van der Waals surface area contributed by atoms with Gasteiger partial charge in [-0.05, 0) is 60.2 Å². The van der Waals surface area contributed by atoms with Gasteiger partial charge in [0.25, 0.3) is 10.0 Å². The van der Waals surface area contributed by atoms with Crippen LogP contribution in [-0.2, 0) is 20.6 Å². The van der Waals surface area contributed by atoms with E-state index in [4.69, 9.17) is 11.6 Å². The van der Waals surface area contributed by atoms with Crippen molar-refractivity contribution in [1.29, 1.82) is 0 Å². The van der Waals surface area contributed by atoms with Gasteiger partial charge >= 0.3 is 0 Å². The number of hydrogen-bond donors (Lipinski definition) is 1. The van der Waals surface area contributed by atoms with Crippen LogP contribution in [0.15, 0.2) is 77.7 Å². The lowest BCUT2D eigenvalue weighted by atomic mass is 10.2. The maximum absolute atomic E-state index is 13.4. The van der Waals surface area contributed by atoms with Gasteiger partial charge in [0, 0.05) is 23.1 Å². The van der Waals surface area contributed by atoms with Crippen molar-refractivity contribution < 1.29 is 22.0 Å². The summed E-state index contributed by atoms with van der Waals surface area (Å²) < 4.78 is 53.8. The van der Waals surface area contributed by atoms with E-state index in [-0.39, 0.29) is 10.6 Å². The normalized spacial score (nSPS) is 11.2. The van der Waals surface area contributed by atoms with Crippen molar-refractivity contribution in [2.75, 3.05) is 23.1 Å². The number of nitrogens with one attached hydrogen (secondary N) is 1. The fourth-order valence-electron chi connectivity index (χ4n) is 2.90. The lowest BCUT2D eigenvalue weighted by molar-refractivity contribution is -0.119. The number of sulfonamides is 1. The van der Waals surface area contributed by atoms with Crippen molar-refractivity contribution in [3.8, 4) is 0 Å². The molecule has 33 heavy (non-hydrogen) atoms. The van der Waals surface area contributed by atoms with Gasteiger partial charge in [-0.25, -0.2) is 17.2 Å². The number of carbonyl (C=O) groups excluding carboxylic acids is 1. The molecule has 1 N–H and O–H groups in total. The molecule has 0 aliphatic carbocycles. The molecule has 5 nitrogen and oxygen atoms in total. The monoisotopic (exact) mass is 510 g/mol. The summed E-state index contributed by atoms with van der Waals surface area (Å²) in [6.45, 7) is -0.192. The Balaban J connectivity index is 1.64. The van der Waals surface area contributed by atoms with E-state index in [0.717, 1.165) is 46.3 Å². The highest BCUT2D eigenvalue weighted by Crippen LogP contribution is 2.24. The van der Waals surface area contributed by atoms with Gasteiger partial charge in [-0.2, -0.15) is 11.8 Å². The summed E-state index contributed by atoms with van der Waals surface area (Å²) in [4.78, 5) is 12.3. The number of nitrogens with zero attached hydrogens (tertiary/aromatic N) is 1. The van der Waals surface area contributed by atoms with Crippen LogP contribution in [0.2, 0.25) is 5.02 Å². The zero-order chi connectivity index (χ0) is 23.8. The predicted octanol–water partition coefficient (Wildman–Crippen LogP) is 4.86. The summed E-state index contributed by atoms with van der Waals surface area (Å²) in [5, 5.41) is 3.37. The summed E-state index contributed by atoms with van der Waals surface area (Å²) >= 11 is 7.70. The molecular formula is C23H21ClF2N2O3S2. The van der Waals surface area contributed by atoms with E-state index in [1.165, 1.54) is 12.1 Å². The molecule has 0 bridgehead atoms. The lowest BCUT2D eigenvalue weighted by Gasteiger charge is -2.24. The first-order valence-corrected chi connectivity index (χ1v) is 12.9. The maximum atomic E-state index is 13.4. The molecule has 0 atom stereocenters. The number of benzene rings is 3. The summed E-state index contributed by atoms with van der Waals surface area (Å²) in [5.41, 5.74) is 1.10. The Bertz CT molecular complexity index is 1190. The highest BCUT2D eigenvalue weighted by molar-refractivity contribution is 7.98. The number of anilines is 1. The molecule has 0 radical (unpaired) electrons. The SMILES string of the molecule is O=C(CN(c1ccc(F)cc1)S(=O)(=O)c1ccc(F)cc1)NCCSCc1ccccc1Cl. The van der Waals surface area contributed by atoms with Gasteiger partial charge in [-0.1, -0.05) is 29.8 Å². The van der Waals surface area contributed by atoms with Crippen LogP contribution in [0.3, 0.4) is 0 Å². The molecule has 0 unspecified atom stereocenters. The van der Waals surface area contributed by atoms with E-state index in [1.54, 1.807) is 11.8 Å². The highest BCUT2D eigenvalue weighted by atomic mass is 35.5. The standard InChI is InChI=1S/C23H21ClF2N2O3S2/c24-22-4-2-1-3-17(22)16-32-14-13-27-23(29)15-28(20-9-5-18(25)6-10-20)33(30,31)21-11-7-19(26)8-12-21/h1-12H,13-16H2,(H,27,29). The first-order valence-electron chi connectivity index (χ1n) is 9.89. The molecule has 0 heterocycles. The van der Waals surface area contributed by atoms with Gasteiger partial charge < -0.3 is 5.32 Å². The van der Waals surface area contributed by atoms with Crippen LogP contribution < -0.4 is 9.62 Å². The third-order valence-corrected chi connectivity index (χ3v) is 7.75. The van der Waals surface area contributed by atoms with E-state index in [2.05, 4.69) is 5.32 Å². The molecule has 3 aromatic carbocycles. The average molecular weight is 511 g/mol. The van der Waals surface area contributed by atoms with Gasteiger partial charge in [-0.15, -0.1) is 0 Å². The van der Waals surface area contributed by atoms with E-state index in [9.17, 15) is 22.0 Å². The average Bonchev–Trinajstić information content (AvgIpc) is 2.79. The molecular weight excluding hydrogens is 490 g/mol. The summed E-state index contributed by atoms with van der Waals surface area (Å²) in [5.74, 6) is -0.385. The third kappa shape index (κ3) is 6.93. The molecule has 174 valence electrons. The fourth-order valence-corrected chi connectivity index (χ4v) is 5.47. The Morgan fingerprint density at radius 2 is 1.55 bits per heavy atom. The van der Waals surface area contributed by atoms with Gasteiger partial charge in [0.05, 0.1) is 10.6 Å². The molecule has 0 aromatic heterocycles. The largest absolute Gasteiger partial charge is 0.354 e. The van der Waals surface area contributed by atoms with E-state index < -0.39 is 34.1 Å². The van der Waals surface area contributed by atoms with Crippen LogP contribution in [0.4, 0.5) is 14.5 Å². The molecule has 3 rings (SSSR count). The summed E-state index contributed by atoms with van der Waals surface area (Å²) in [6, 6.07) is 16.5. The summed E-state index contributed by atoms with van der Waals surface area (Å²) in [7, 11) is -4.19. The first-order chi connectivity index (χ1) is 15.8. The maximum Gasteiger partial charge on any atom is 0.264 e. The molecule has 1 amide bonds. The van der Waals surface area contributed by atoms with Crippen molar-refractivity contribution in [3.05, 3.63) is 95.0 Å². The van der Waals surface area contributed by atoms with Crippen molar-refractivity contribution in [2.24, 2.45) is 0 Å². The van der Waals surface area contributed by atoms with Gasteiger partial charge in [0.1, 0.15) is 18.2 Å². The van der Waals surface area contributed by atoms with Crippen LogP contribution in [0.25, 0.3) is 0 Å². The zero-order valence-electron chi connectivity index (χ0n) is 17.4. The van der Waals surface area contributed by atoms with Gasteiger partial charge in [-0.3, -0.25) is 9.10 Å². The number of hydrogen-bond acceptors (Lipinski definition) is 4. The second-order valence-electron chi connectivity index (χ2n) is 6.94. The quantitative estimate of drug-likeness (QED) is 0.395. The molecule has 0 aliphatic heterocycles. The topological polar surface area (TPSA) is 66.5 Å². The smallest absolute Gasteiger partial charge is 0.264 e. The molecule has 0 saturated heterocycles. The van der Waals surface area contributed by atoms with Crippen LogP contribution in [0.5, 0.6) is 0 Å².